The van der Waals surface area contributed by atoms with Crippen LogP contribution >= 0.6 is 0 Å². The first-order valence-corrected chi connectivity index (χ1v) is 7.09. The van der Waals surface area contributed by atoms with E-state index in [0.29, 0.717) is 25.7 Å². The lowest BCUT2D eigenvalue weighted by Gasteiger charge is -2.04. The Morgan fingerprint density at radius 1 is 0.759 bits per heavy atom. The number of hydrogen-bond acceptors (Lipinski definition) is 11. The molecule has 0 radical (unpaired) electrons. The standard InChI is InChI=1S/C5H10O3.C4H5FO6.C4H4O6/c1-3-7-5(6)8-4-2;5-2(11-4(8)9)1-10-3(6)7;5-3(6)9-1-2-10-4(7)8/h3-4H2,1-2H3;2H,1H2,(H,6,7)(H,8,9);1-2H,(H,5,6)(H,7,8)/b;;2-1+. The molecule has 1 atom stereocenters. The zero-order chi connectivity index (χ0) is 23.2. The van der Waals surface area contributed by atoms with Crippen molar-refractivity contribution in [3.63, 3.8) is 0 Å². The molecule has 168 valence electrons. The smallest absolute Gasteiger partial charge is 0.450 e. The Kier molecular flexibility index (Phi) is 20.9. The summed E-state index contributed by atoms with van der Waals surface area (Å²) >= 11 is 0. The first-order chi connectivity index (χ1) is 13.5. The van der Waals surface area contributed by atoms with Crippen LogP contribution in [-0.4, -0.2) is 77.4 Å². The van der Waals surface area contributed by atoms with Crippen LogP contribution in [-0.2, 0) is 28.4 Å². The first-order valence-electron chi connectivity index (χ1n) is 7.09. The van der Waals surface area contributed by atoms with Crippen LogP contribution in [0.3, 0.4) is 0 Å². The number of halogens is 1. The van der Waals surface area contributed by atoms with Crippen molar-refractivity contribution in [2.45, 2.75) is 20.2 Å². The SMILES string of the molecule is CCOC(=O)OCC.O=C(O)O/C=C/OC(=O)O.O=C(O)OCC(F)OC(=O)O. The van der Waals surface area contributed by atoms with Crippen LogP contribution in [0.4, 0.5) is 28.4 Å². The minimum atomic E-state index is -2.27. The first kappa shape index (κ1) is 29.8. The van der Waals surface area contributed by atoms with E-state index in [-0.39, 0.29) is 0 Å². The highest BCUT2D eigenvalue weighted by Crippen LogP contribution is 1.95. The molecule has 1 unspecified atom stereocenters. The fourth-order valence-electron chi connectivity index (χ4n) is 0.730. The quantitative estimate of drug-likeness (QED) is 0.257. The molecule has 0 rings (SSSR count). The highest BCUT2D eigenvalue weighted by molar-refractivity contribution is 5.59. The topological polar surface area (TPSA) is 222 Å². The van der Waals surface area contributed by atoms with Crippen molar-refractivity contribution in [3.8, 4) is 0 Å². The molecule has 0 bridgehead atoms. The molecule has 4 N–H and O–H groups in total. The molecule has 0 spiro atoms. The second-order valence-corrected chi connectivity index (χ2v) is 3.53. The van der Waals surface area contributed by atoms with Gasteiger partial charge in [0.2, 0.25) is 0 Å². The maximum atomic E-state index is 12.0. The van der Waals surface area contributed by atoms with Gasteiger partial charge in [0.25, 0.3) is 6.36 Å². The summed E-state index contributed by atoms with van der Waals surface area (Å²) in [5.74, 6) is 0. The van der Waals surface area contributed by atoms with Crippen LogP contribution in [0, 0.1) is 0 Å². The molecule has 0 aromatic carbocycles. The molecule has 16 heteroatoms. The number of hydrogen-bond donors (Lipinski definition) is 4. The third kappa shape index (κ3) is 35.9. The zero-order valence-corrected chi connectivity index (χ0v) is 15.0. The highest BCUT2D eigenvalue weighted by atomic mass is 19.1. The normalized spacial score (nSPS) is 9.90. The van der Waals surface area contributed by atoms with Gasteiger partial charge in [-0.05, 0) is 13.8 Å². The lowest BCUT2D eigenvalue weighted by molar-refractivity contribution is -0.0549. The number of rotatable bonds is 7. The predicted octanol–water partition coefficient (Wildman–Crippen LogP) is 2.70. The summed E-state index contributed by atoms with van der Waals surface area (Å²) in [6.07, 6.45) is -8.27. The fraction of sp³-hybridized carbons (Fsp3) is 0.462. The number of carboxylic acid groups (broad SMARTS) is 4. The second-order valence-electron chi connectivity index (χ2n) is 3.53. The van der Waals surface area contributed by atoms with E-state index in [1.54, 1.807) is 13.8 Å². The van der Waals surface area contributed by atoms with E-state index in [0.717, 1.165) is 0 Å². The molecule has 0 aliphatic carbocycles. The van der Waals surface area contributed by atoms with Crippen molar-refractivity contribution in [3.05, 3.63) is 12.5 Å². The molecule has 0 amide bonds. The Labute approximate surface area is 161 Å². The van der Waals surface area contributed by atoms with E-state index in [1.165, 1.54) is 0 Å². The van der Waals surface area contributed by atoms with Gasteiger partial charge in [-0.2, -0.15) is 4.39 Å². The molecule has 29 heavy (non-hydrogen) atoms. The molecular weight excluding hydrogens is 415 g/mol. The van der Waals surface area contributed by atoms with Gasteiger partial charge in [0, 0.05) is 0 Å². The maximum Gasteiger partial charge on any atom is 0.510 e. The van der Waals surface area contributed by atoms with E-state index in [1.807, 2.05) is 0 Å². The predicted molar refractivity (Wildman–Crippen MR) is 84.0 cm³/mol. The van der Waals surface area contributed by atoms with Gasteiger partial charge in [0.05, 0.1) is 13.2 Å². The van der Waals surface area contributed by atoms with E-state index < -0.39 is 43.7 Å². The van der Waals surface area contributed by atoms with Crippen molar-refractivity contribution in [1.82, 2.24) is 0 Å². The van der Waals surface area contributed by atoms with Crippen molar-refractivity contribution in [2.24, 2.45) is 0 Å². The van der Waals surface area contributed by atoms with Gasteiger partial charge >= 0.3 is 30.8 Å². The van der Waals surface area contributed by atoms with Gasteiger partial charge in [-0.1, -0.05) is 0 Å². The van der Waals surface area contributed by atoms with E-state index in [4.69, 9.17) is 20.4 Å². The second kappa shape index (κ2) is 20.3. The Bertz CT molecular complexity index is 506. The molecule has 0 aromatic heterocycles. The number of carbonyl (C=O) groups is 5. The number of carbonyl (C=O) groups excluding carboxylic acids is 1. The highest BCUT2D eigenvalue weighted by Gasteiger charge is 2.13. The van der Waals surface area contributed by atoms with Gasteiger partial charge in [-0.15, -0.1) is 0 Å². The fourth-order valence-corrected chi connectivity index (χ4v) is 0.730. The monoisotopic (exact) mass is 434 g/mol. The molecule has 0 heterocycles. The van der Waals surface area contributed by atoms with Crippen LogP contribution in [0.2, 0.25) is 0 Å². The van der Waals surface area contributed by atoms with Crippen molar-refractivity contribution < 1.29 is 77.2 Å². The lowest BCUT2D eigenvalue weighted by atomic mass is 10.7. The van der Waals surface area contributed by atoms with Crippen molar-refractivity contribution in [1.29, 1.82) is 0 Å². The van der Waals surface area contributed by atoms with E-state index in [2.05, 4.69) is 28.4 Å². The molecule has 0 aliphatic heterocycles. The summed E-state index contributed by atoms with van der Waals surface area (Å²) in [6, 6.07) is 0. The van der Waals surface area contributed by atoms with Crippen LogP contribution in [0.15, 0.2) is 12.5 Å². The molecule has 0 aliphatic rings. The molecule has 15 nitrogen and oxygen atoms in total. The van der Waals surface area contributed by atoms with Gasteiger partial charge in [0.15, 0.2) is 6.61 Å². The van der Waals surface area contributed by atoms with Gasteiger partial charge < -0.3 is 48.8 Å². The number of ether oxygens (including phenoxy) is 6. The van der Waals surface area contributed by atoms with Crippen LogP contribution < -0.4 is 0 Å². The van der Waals surface area contributed by atoms with E-state index >= 15 is 0 Å². The maximum absolute atomic E-state index is 12.0. The minimum absolute atomic E-state index is 0.374. The van der Waals surface area contributed by atoms with Gasteiger partial charge in [-0.25, -0.2) is 24.0 Å². The summed E-state index contributed by atoms with van der Waals surface area (Å²) in [7, 11) is 0. The summed E-state index contributed by atoms with van der Waals surface area (Å²) in [5.41, 5.74) is 0. The average Bonchev–Trinajstić information content (AvgIpc) is 2.58. The average molecular weight is 434 g/mol. The Balaban J connectivity index is -0.000000354. The van der Waals surface area contributed by atoms with Crippen LogP contribution in [0.25, 0.3) is 0 Å². The Morgan fingerprint density at radius 2 is 1.17 bits per heavy atom. The van der Waals surface area contributed by atoms with Crippen LogP contribution in [0.1, 0.15) is 13.8 Å². The third-order valence-corrected chi connectivity index (χ3v) is 1.48. The van der Waals surface area contributed by atoms with E-state index in [9.17, 15) is 28.4 Å². The largest absolute Gasteiger partial charge is 0.510 e. The Hall–Kier alpha value is -3.98. The molecular formula is C13H19FO15. The molecule has 0 saturated heterocycles. The lowest BCUT2D eigenvalue weighted by Crippen LogP contribution is -2.19. The Morgan fingerprint density at radius 3 is 1.45 bits per heavy atom. The van der Waals surface area contributed by atoms with Crippen molar-refractivity contribution >= 4 is 30.8 Å². The zero-order valence-electron chi connectivity index (χ0n) is 15.0. The van der Waals surface area contributed by atoms with Crippen LogP contribution in [0.5, 0.6) is 0 Å². The van der Waals surface area contributed by atoms with Crippen molar-refractivity contribution in [2.75, 3.05) is 19.8 Å². The number of alkyl halides is 1. The minimum Gasteiger partial charge on any atom is -0.450 e. The summed E-state index contributed by atoms with van der Waals surface area (Å²) < 4.78 is 35.5. The summed E-state index contributed by atoms with van der Waals surface area (Å²) in [6.45, 7) is 3.26. The molecule has 0 fully saturated rings. The third-order valence-electron chi connectivity index (χ3n) is 1.48. The van der Waals surface area contributed by atoms with Gasteiger partial charge in [-0.3, -0.25) is 0 Å². The molecule has 0 aromatic rings. The molecule has 0 saturated carbocycles. The van der Waals surface area contributed by atoms with Gasteiger partial charge in [0.1, 0.15) is 12.5 Å². The summed E-state index contributed by atoms with van der Waals surface area (Å²) in [5, 5.41) is 31.2. The summed E-state index contributed by atoms with van der Waals surface area (Å²) in [4.78, 5) is 48.5.